The monoisotopic (exact) mass is 443 g/mol. The molecule has 1 fully saturated rings. The molecule has 11 nitrogen and oxygen atoms in total. The molecule has 1 heterocycles. The van der Waals surface area contributed by atoms with E-state index >= 15 is 0 Å². The Kier molecular flexibility index (Phi) is 8.46. The Bertz CT molecular complexity index is 488. The molecule has 0 aromatic rings. The quantitative estimate of drug-likeness (QED) is 0.0868. The summed E-state index contributed by atoms with van der Waals surface area (Å²) in [4.78, 5) is -0.669. The van der Waals surface area contributed by atoms with E-state index in [0.29, 0.717) is 0 Å². The van der Waals surface area contributed by atoms with Crippen molar-refractivity contribution in [2.75, 3.05) is 13.2 Å². The number of hydrogen-bond donors (Lipinski definition) is 6. The number of rotatable bonds is 9. The molecule has 144 valence electrons. The molecule has 8 N–H and O–H groups in total. The molecule has 1 aliphatic rings. The fourth-order valence-electron chi connectivity index (χ4n) is 2.43. The molecule has 0 aromatic carbocycles. The molecule has 24 heavy (non-hydrogen) atoms. The number of hydrogen-bond acceptors (Lipinski definition) is 10. The van der Waals surface area contributed by atoms with Gasteiger partial charge in [0.25, 0.3) is 0 Å². The standard InChI is InChI=1S/C11H22O11SSe/c12-1-5(14)10(18)11(22-23(19,20)21)7(16)4-24-3-6(15)9(17)8(24)2-13/h5-18H,1-4H2/p+1/t5-,6+,7+,8+,9-,10+,11-,24?/m0/s1. The molecule has 8 atom stereocenters. The van der Waals surface area contributed by atoms with Crippen molar-refractivity contribution in [2.24, 2.45) is 0 Å². The Morgan fingerprint density at radius 3 is 2.29 bits per heavy atom. The first-order valence-electron chi connectivity index (χ1n) is 6.98. The molecule has 0 spiro atoms. The Morgan fingerprint density at radius 2 is 1.83 bits per heavy atom. The summed E-state index contributed by atoms with van der Waals surface area (Å²) in [6.07, 6.45) is -9.73. The molecule has 0 aliphatic carbocycles. The molecule has 0 saturated carbocycles. The van der Waals surface area contributed by atoms with Crippen molar-refractivity contribution in [3.05, 3.63) is 0 Å². The third-order valence-corrected chi connectivity index (χ3v) is 10.1. The molecule has 0 radical (unpaired) electrons. The minimum absolute atomic E-state index is 0.122. The van der Waals surface area contributed by atoms with Gasteiger partial charge in [-0.25, -0.2) is 0 Å². The van der Waals surface area contributed by atoms with E-state index in [-0.39, 0.29) is 10.6 Å². The van der Waals surface area contributed by atoms with E-state index in [4.69, 9.17) is 5.11 Å². The van der Waals surface area contributed by atoms with E-state index < -0.39 is 79.0 Å². The summed E-state index contributed by atoms with van der Waals surface area (Å²) in [5.41, 5.74) is 0. The first kappa shape index (κ1) is 22.2. The van der Waals surface area contributed by atoms with Crippen molar-refractivity contribution in [1.82, 2.24) is 0 Å². The van der Waals surface area contributed by atoms with Gasteiger partial charge in [0.05, 0.1) is 0 Å². The molecule has 1 unspecified atom stereocenters. The second-order valence-electron chi connectivity index (χ2n) is 5.45. The topological polar surface area (TPSA) is 211 Å². The van der Waals surface area contributed by atoms with E-state index in [1.165, 1.54) is 0 Å². The maximum absolute atomic E-state index is 10.8. The van der Waals surface area contributed by atoms with E-state index in [0.717, 1.165) is 0 Å². The molecule has 1 rings (SSSR count). The summed E-state index contributed by atoms with van der Waals surface area (Å²) in [6.45, 7) is -1.16. The van der Waals surface area contributed by atoms with Crippen molar-refractivity contribution < 1.29 is 52.9 Å². The van der Waals surface area contributed by atoms with Crippen LogP contribution in [0.1, 0.15) is 0 Å². The minimum atomic E-state index is -5.31. The number of aliphatic hydroxyl groups is 6. The Hall–Kier alpha value is 0.109. The van der Waals surface area contributed by atoms with Crippen molar-refractivity contribution in [2.45, 2.75) is 52.1 Å². The second kappa shape index (κ2) is 9.16. The van der Waals surface area contributed by atoms with Gasteiger partial charge in [-0.05, 0) is 0 Å². The first-order chi connectivity index (χ1) is 11.0. The third kappa shape index (κ3) is 5.83. The first-order valence-corrected chi connectivity index (χ1v) is 11.7. The van der Waals surface area contributed by atoms with Gasteiger partial charge in [0.2, 0.25) is 0 Å². The van der Waals surface area contributed by atoms with Crippen LogP contribution in [-0.4, -0.2) is 112 Å². The molecular weight excluding hydrogens is 419 g/mol. The molecule has 13 heteroatoms. The van der Waals surface area contributed by atoms with Crippen LogP contribution in [0.4, 0.5) is 0 Å². The van der Waals surface area contributed by atoms with Crippen molar-refractivity contribution in [1.29, 1.82) is 0 Å². The molecule has 0 bridgehead atoms. The third-order valence-electron chi connectivity index (χ3n) is 3.70. The van der Waals surface area contributed by atoms with Gasteiger partial charge >= 0.3 is 142 Å². The van der Waals surface area contributed by atoms with Gasteiger partial charge in [0.15, 0.2) is 0 Å². The maximum atomic E-state index is 10.8. The van der Waals surface area contributed by atoms with Crippen molar-refractivity contribution in [3.63, 3.8) is 0 Å². The predicted octanol–water partition coefficient (Wildman–Crippen LogP) is -4.77. The molecular formula is C11H23O11SSe+. The average Bonchev–Trinajstić information content (AvgIpc) is 2.76. The van der Waals surface area contributed by atoms with E-state index in [1.807, 2.05) is 0 Å². The average molecular weight is 442 g/mol. The summed E-state index contributed by atoms with van der Waals surface area (Å²) < 4.78 is 36.5. The summed E-state index contributed by atoms with van der Waals surface area (Å²) >= 11 is -2.04. The van der Waals surface area contributed by atoms with Gasteiger partial charge in [-0.3, -0.25) is 0 Å². The van der Waals surface area contributed by atoms with Gasteiger partial charge in [0.1, 0.15) is 0 Å². The fraction of sp³-hybridized carbons (Fsp3) is 1.00. The zero-order valence-electron chi connectivity index (χ0n) is 12.5. The second-order valence-corrected chi connectivity index (χ2v) is 11.4. The summed E-state index contributed by atoms with van der Waals surface area (Å²) in [6, 6.07) is 0. The van der Waals surface area contributed by atoms with E-state index in [1.54, 1.807) is 0 Å². The van der Waals surface area contributed by atoms with Crippen LogP contribution in [0.15, 0.2) is 0 Å². The van der Waals surface area contributed by atoms with E-state index in [9.17, 15) is 43.6 Å². The molecule has 0 amide bonds. The van der Waals surface area contributed by atoms with Gasteiger partial charge in [-0.2, -0.15) is 0 Å². The van der Waals surface area contributed by atoms with Crippen LogP contribution in [0, 0.1) is 0 Å². The van der Waals surface area contributed by atoms with Crippen molar-refractivity contribution in [3.8, 4) is 0 Å². The van der Waals surface area contributed by atoms with Crippen LogP contribution < -0.4 is 0 Å². The van der Waals surface area contributed by atoms with Gasteiger partial charge in [0, 0.05) is 0 Å². The van der Waals surface area contributed by atoms with Crippen LogP contribution in [0.3, 0.4) is 0 Å². The SMILES string of the molecule is O=S(=O)([O-])O[C@H]([C@H](O)[C@@H](O)C[OH2+])[C@H](O)C[Se+]1C[C@@H](O)[C@H](O)[C@H]1CO. The van der Waals surface area contributed by atoms with Crippen molar-refractivity contribution >= 4 is 24.3 Å². The van der Waals surface area contributed by atoms with Gasteiger partial charge in [-0.1, -0.05) is 0 Å². The summed E-state index contributed by atoms with van der Waals surface area (Å²) in [7, 11) is -5.31. The zero-order chi connectivity index (χ0) is 18.7. The van der Waals surface area contributed by atoms with Gasteiger partial charge < -0.3 is 0 Å². The molecule has 0 aromatic heterocycles. The Labute approximate surface area is 143 Å². The summed E-state index contributed by atoms with van der Waals surface area (Å²) in [5.74, 6) is 0. The van der Waals surface area contributed by atoms with Gasteiger partial charge in [-0.15, -0.1) is 0 Å². The van der Waals surface area contributed by atoms with Crippen LogP contribution in [0.2, 0.25) is 15.5 Å². The Morgan fingerprint density at radius 1 is 1.25 bits per heavy atom. The summed E-state index contributed by atoms with van der Waals surface area (Å²) in [5, 5.41) is 65.0. The predicted molar refractivity (Wildman–Crippen MR) is 79.3 cm³/mol. The number of aliphatic hydroxyl groups excluding tert-OH is 6. The van der Waals surface area contributed by atoms with E-state index in [2.05, 4.69) is 4.18 Å². The van der Waals surface area contributed by atoms with Crippen LogP contribution >= 0.6 is 0 Å². The molecule has 1 aliphatic heterocycles. The fourth-order valence-corrected chi connectivity index (χ4v) is 8.57. The Balaban J connectivity index is 2.89. The normalized spacial score (nSPS) is 33.2. The zero-order valence-corrected chi connectivity index (χ0v) is 15.0. The van der Waals surface area contributed by atoms with Crippen LogP contribution in [-0.2, 0) is 14.6 Å². The van der Waals surface area contributed by atoms with Crippen LogP contribution in [0.5, 0.6) is 0 Å². The molecule has 1 saturated heterocycles. The van der Waals surface area contributed by atoms with Crippen LogP contribution in [0.25, 0.3) is 0 Å².